The smallest absolute Gasteiger partial charge is 0.231 e. The molecule has 0 saturated carbocycles. The van der Waals surface area contributed by atoms with Gasteiger partial charge in [0, 0.05) is 24.7 Å². The highest BCUT2D eigenvalue weighted by molar-refractivity contribution is 6.03. The van der Waals surface area contributed by atoms with E-state index < -0.39 is 0 Å². The molecule has 3 nitrogen and oxygen atoms in total. The molecule has 3 heteroatoms. The maximum atomic E-state index is 12.4. The molecule has 21 heavy (non-hydrogen) atoms. The van der Waals surface area contributed by atoms with Crippen LogP contribution in [0.5, 0.6) is 0 Å². The van der Waals surface area contributed by atoms with Crippen LogP contribution in [0.3, 0.4) is 0 Å². The molecule has 0 atom stereocenters. The lowest BCUT2D eigenvalue weighted by molar-refractivity contribution is -0.117. The third-order valence-corrected chi connectivity index (χ3v) is 4.09. The highest BCUT2D eigenvalue weighted by Crippen LogP contribution is 2.28. The van der Waals surface area contributed by atoms with E-state index >= 15 is 0 Å². The number of Topliss-reactive ketones (excluding diaryl/α,β-unsaturated/α-hetero) is 1. The van der Waals surface area contributed by atoms with Crippen molar-refractivity contribution in [1.29, 1.82) is 0 Å². The minimum Gasteiger partial charge on any atom is -0.315 e. The van der Waals surface area contributed by atoms with Gasteiger partial charge in [-0.3, -0.25) is 9.59 Å². The van der Waals surface area contributed by atoms with Gasteiger partial charge in [0.1, 0.15) is 0 Å². The normalized spacial score (nSPS) is 13.4. The molecule has 106 valence electrons. The van der Waals surface area contributed by atoms with Crippen LogP contribution in [0.1, 0.15) is 27.0 Å². The first-order chi connectivity index (χ1) is 10.1. The predicted molar refractivity (Wildman–Crippen MR) is 82.8 cm³/mol. The Labute approximate surface area is 124 Å². The fourth-order valence-electron chi connectivity index (χ4n) is 2.73. The van der Waals surface area contributed by atoms with Gasteiger partial charge in [-0.15, -0.1) is 0 Å². The first-order valence-electron chi connectivity index (χ1n) is 7.03. The Hall–Kier alpha value is -2.42. The number of carbonyl (C=O) groups is 2. The molecule has 0 spiro atoms. The quantitative estimate of drug-likeness (QED) is 0.810. The van der Waals surface area contributed by atoms with Crippen LogP contribution in [0.4, 0.5) is 5.69 Å². The fourth-order valence-corrected chi connectivity index (χ4v) is 2.73. The summed E-state index contributed by atoms with van der Waals surface area (Å²) in [7, 11) is 1.77. The zero-order valence-corrected chi connectivity index (χ0v) is 12.2. The van der Waals surface area contributed by atoms with E-state index in [1.54, 1.807) is 11.9 Å². The molecule has 0 aromatic heterocycles. The van der Waals surface area contributed by atoms with Crippen LogP contribution in [0, 0.1) is 6.92 Å². The summed E-state index contributed by atoms with van der Waals surface area (Å²) in [6.45, 7) is 2.01. The number of anilines is 1. The average molecular weight is 279 g/mol. The summed E-state index contributed by atoms with van der Waals surface area (Å²) in [6.07, 6.45) is 0.784. The average Bonchev–Trinajstić information content (AvgIpc) is 2.76. The van der Waals surface area contributed by atoms with Gasteiger partial charge in [0.15, 0.2) is 5.78 Å². The standard InChI is InChI=1S/C18H17NO2/c1-12-5-3-4-6-13(12)10-17(20)14-7-8-16-15(9-14)11-18(21)19(16)2/h3-9H,10-11H2,1-2H3. The van der Waals surface area contributed by atoms with Crippen molar-refractivity contribution in [2.24, 2.45) is 0 Å². The van der Waals surface area contributed by atoms with Crippen LogP contribution in [-0.4, -0.2) is 18.7 Å². The fraction of sp³-hybridized carbons (Fsp3) is 0.222. The first-order valence-corrected chi connectivity index (χ1v) is 7.03. The van der Waals surface area contributed by atoms with E-state index in [2.05, 4.69) is 0 Å². The van der Waals surface area contributed by atoms with Gasteiger partial charge in [-0.25, -0.2) is 0 Å². The van der Waals surface area contributed by atoms with E-state index in [1.807, 2.05) is 49.4 Å². The zero-order valence-electron chi connectivity index (χ0n) is 12.2. The van der Waals surface area contributed by atoms with E-state index in [-0.39, 0.29) is 11.7 Å². The summed E-state index contributed by atoms with van der Waals surface area (Å²) < 4.78 is 0. The van der Waals surface area contributed by atoms with Gasteiger partial charge in [-0.1, -0.05) is 24.3 Å². The number of hydrogen-bond acceptors (Lipinski definition) is 2. The Morgan fingerprint density at radius 2 is 1.95 bits per heavy atom. The number of rotatable bonds is 3. The van der Waals surface area contributed by atoms with Crippen molar-refractivity contribution in [3.05, 3.63) is 64.7 Å². The molecule has 2 aromatic rings. The minimum atomic E-state index is 0.0773. The van der Waals surface area contributed by atoms with E-state index in [0.717, 1.165) is 22.4 Å². The van der Waals surface area contributed by atoms with Crippen molar-refractivity contribution < 1.29 is 9.59 Å². The number of nitrogens with zero attached hydrogens (tertiary/aromatic N) is 1. The Balaban J connectivity index is 1.85. The Morgan fingerprint density at radius 3 is 2.71 bits per heavy atom. The zero-order chi connectivity index (χ0) is 15.0. The third kappa shape index (κ3) is 2.47. The summed E-state index contributed by atoms with van der Waals surface area (Å²) in [5.74, 6) is 0.169. The maximum absolute atomic E-state index is 12.4. The lowest BCUT2D eigenvalue weighted by atomic mass is 9.98. The summed E-state index contributed by atoms with van der Waals surface area (Å²) >= 11 is 0. The molecule has 1 aliphatic heterocycles. The van der Waals surface area contributed by atoms with Gasteiger partial charge >= 0.3 is 0 Å². The molecule has 0 N–H and O–H groups in total. The van der Waals surface area contributed by atoms with Crippen LogP contribution >= 0.6 is 0 Å². The predicted octanol–water partition coefficient (Wildman–Crippen LogP) is 2.94. The Kier molecular flexibility index (Phi) is 3.34. The molecule has 1 aliphatic rings. The van der Waals surface area contributed by atoms with Crippen molar-refractivity contribution in [3.63, 3.8) is 0 Å². The SMILES string of the molecule is Cc1ccccc1CC(=O)c1ccc2c(c1)CC(=O)N2C. The minimum absolute atomic E-state index is 0.0773. The van der Waals surface area contributed by atoms with Gasteiger partial charge in [0.2, 0.25) is 5.91 Å². The lowest BCUT2D eigenvalue weighted by Crippen LogP contribution is -2.20. The summed E-state index contributed by atoms with van der Waals surface area (Å²) in [4.78, 5) is 25.8. The van der Waals surface area contributed by atoms with Crippen LogP contribution in [0.2, 0.25) is 0 Å². The van der Waals surface area contributed by atoms with Crippen LogP contribution in [0.15, 0.2) is 42.5 Å². The van der Waals surface area contributed by atoms with Crippen molar-refractivity contribution in [1.82, 2.24) is 0 Å². The monoisotopic (exact) mass is 279 g/mol. The van der Waals surface area contributed by atoms with Crippen molar-refractivity contribution in [2.75, 3.05) is 11.9 Å². The maximum Gasteiger partial charge on any atom is 0.231 e. The highest BCUT2D eigenvalue weighted by Gasteiger charge is 2.24. The Bertz CT molecular complexity index is 734. The Morgan fingerprint density at radius 1 is 1.19 bits per heavy atom. The number of carbonyl (C=O) groups excluding carboxylic acids is 2. The van der Waals surface area contributed by atoms with Gasteiger partial charge in [0.25, 0.3) is 0 Å². The van der Waals surface area contributed by atoms with Crippen LogP contribution < -0.4 is 4.90 Å². The number of aryl methyl sites for hydroxylation is 1. The van der Waals surface area contributed by atoms with Crippen molar-refractivity contribution >= 4 is 17.4 Å². The van der Waals surface area contributed by atoms with E-state index in [4.69, 9.17) is 0 Å². The number of amides is 1. The first kappa shape index (κ1) is 13.6. The molecule has 2 aromatic carbocycles. The van der Waals surface area contributed by atoms with Crippen LogP contribution in [0.25, 0.3) is 0 Å². The third-order valence-electron chi connectivity index (χ3n) is 4.09. The number of benzene rings is 2. The largest absolute Gasteiger partial charge is 0.315 e. The summed E-state index contributed by atoms with van der Waals surface area (Å²) in [5, 5.41) is 0. The number of ketones is 1. The van der Waals surface area contributed by atoms with Crippen molar-refractivity contribution in [2.45, 2.75) is 19.8 Å². The second kappa shape index (κ2) is 5.17. The molecule has 3 rings (SSSR count). The van der Waals surface area contributed by atoms with Gasteiger partial charge in [-0.2, -0.15) is 0 Å². The second-order valence-electron chi connectivity index (χ2n) is 5.50. The number of hydrogen-bond donors (Lipinski definition) is 0. The van der Waals surface area contributed by atoms with Crippen molar-refractivity contribution in [3.8, 4) is 0 Å². The number of fused-ring (bicyclic) bond motifs is 1. The molecule has 0 unspecified atom stereocenters. The topological polar surface area (TPSA) is 37.4 Å². The molecule has 0 saturated heterocycles. The second-order valence-corrected chi connectivity index (χ2v) is 5.50. The molecule has 1 heterocycles. The van der Waals surface area contributed by atoms with E-state index in [9.17, 15) is 9.59 Å². The molecular weight excluding hydrogens is 262 g/mol. The molecule has 0 fully saturated rings. The highest BCUT2D eigenvalue weighted by atomic mass is 16.2. The van der Waals surface area contributed by atoms with E-state index in [0.29, 0.717) is 18.4 Å². The van der Waals surface area contributed by atoms with E-state index in [1.165, 1.54) is 0 Å². The molecule has 0 aliphatic carbocycles. The van der Waals surface area contributed by atoms with Crippen LogP contribution in [-0.2, 0) is 17.6 Å². The number of likely N-dealkylation sites (N-methyl/N-ethyl adjacent to an activating group) is 1. The van der Waals surface area contributed by atoms with Gasteiger partial charge in [-0.05, 0) is 41.8 Å². The summed E-state index contributed by atoms with van der Waals surface area (Å²) in [6, 6.07) is 13.5. The lowest BCUT2D eigenvalue weighted by Gasteiger charge is -2.10. The molecule has 1 amide bonds. The molecule has 0 bridgehead atoms. The van der Waals surface area contributed by atoms with Gasteiger partial charge < -0.3 is 4.90 Å². The van der Waals surface area contributed by atoms with Gasteiger partial charge in [0.05, 0.1) is 6.42 Å². The molecular formula is C18H17NO2. The summed E-state index contributed by atoms with van der Waals surface area (Å²) in [5.41, 5.74) is 4.71. The molecule has 0 radical (unpaired) electrons.